The zero-order valence-corrected chi connectivity index (χ0v) is 20.2. The zero-order valence-electron chi connectivity index (χ0n) is 20.2. The summed E-state index contributed by atoms with van der Waals surface area (Å²) in [5.41, 5.74) is 1.24. The summed E-state index contributed by atoms with van der Waals surface area (Å²) in [5, 5.41) is 0. The third kappa shape index (κ3) is 3.57. The van der Waals surface area contributed by atoms with Crippen molar-refractivity contribution in [3.05, 3.63) is 35.9 Å². The highest BCUT2D eigenvalue weighted by Crippen LogP contribution is 2.65. The van der Waals surface area contributed by atoms with Crippen LogP contribution in [-0.2, 0) is 0 Å². The number of hydrogen-bond donors (Lipinski definition) is 0. The molecule has 4 saturated carbocycles. The van der Waals surface area contributed by atoms with Crippen LogP contribution in [0.15, 0.2) is 30.3 Å². The molecular weight excluding hydrogens is 378 g/mol. The Kier molecular flexibility index (Phi) is 5.72. The molecule has 31 heavy (non-hydrogen) atoms. The lowest BCUT2D eigenvalue weighted by molar-refractivity contribution is -0.0738. The monoisotopic (exact) mass is 421 g/mol. The van der Waals surface area contributed by atoms with E-state index in [-0.39, 0.29) is 5.91 Å². The Labute approximate surface area is 190 Å². The van der Waals surface area contributed by atoms with Crippen LogP contribution in [0.2, 0.25) is 0 Å². The molecule has 5 rings (SSSR count). The van der Waals surface area contributed by atoms with Crippen molar-refractivity contribution >= 4 is 5.91 Å². The zero-order chi connectivity index (χ0) is 21.8. The highest BCUT2D eigenvalue weighted by atomic mass is 16.2. The molecule has 0 saturated heterocycles. The Morgan fingerprint density at radius 2 is 1.71 bits per heavy atom. The van der Waals surface area contributed by atoms with Gasteiger partial charge in [-0.2, -0.15) is 0 Å². The van der Waals surface area contributed by atoms with Crippen molar-refractivity contribution in [2.24, 2.45) is 46.8 Å². The van der Waals surface area contributed by atoms with Crippen molar-refractivity contribution in [3.63, 3.8) is 0 Å². The molecular formula is C29H43NO. The van der Waals surface area contributed by atoms with E-state index in [4.69, 9.17) is 0 Å². The summed E-state index contributed by atoms with van der Waals surface area (Å²) in [7, 11) is 2.04. The minimum Gasteiger partial charge on any atom is -0.339 e. The van der Waals surface area contributed by atoms with Crippen LogP contribution < -0.4 is 0 Å². The molecule has 0 bridgehead atoms. The first-order valence-electron chi connectivity index (χ1n) is 13.2. The summed E-state index contributed by atoms with van der Waals surface area (Å²) >= 11 is 0. The van der Waals surface area contributed by atoms with Gasteiger partial charge in [-0.1, -0.05) is 38.5 Å². The molecule has 0 heterocycles. The number of benzene rings is 1. The summed E-state index contributed by atoms with van der Waals surface area (Å²) in [4.78, 5) is 15.2. The van der Waals surface area contributed by atoms with E-state index < -0.39 is 0 Å². The summed E-state index contributed by atoms with van der Waals surface area (Å²) in [6.45, 7) is 7.42. The van der Waals surface area contributed by atoms with Crippen molar-refractivity contribution < 1.29 is 4.79 Å². The highest BCUT2D eigenvalue weighted by Gasteiger charge is 2.58. The highest BCUT2D eigenvalue weighted by molar-refractivity contribution is 5.94. The fraction of sp³-hybridized carbons (Fsp3) is 0.759. The van der Waals surface area contributed by atoms with Crippen molar-refractivity contribution in [1.29, 1.82) is 0 Å². The predicted octanol–water partition coefficient (Wildman–Crippen LogP) is 7.05. The average Bonchev–Trinajstić information content (AvgIpc) is 3.15. The van der Waals surface area contributed by atoms with Gasteiger partial charge in [-0.25, -0.2) is 0 Å². The van der Waals surface area contributed by atoms with Gasteiger partial charge in [-0.3, -0.25) is 4.79 Å². The summed E-state index contributed by atoms with van der Waals surface area (Å²) in [5.74, 6) is 6.69. The number of nitrogens with zero attached hydrogens (tertiary/aromatic N) is 1. The Balaban J connectivity index is 1.32. The second-order valence-electron chi connectivity index (χ2n) is 12.1. The van der Waals surface area contributed by atoms with E-state index in [9.17, 15) is 4.79 Å². The second kappa shape index (κ2) is 8.23. The lowest BCUT2D eigenvalue weighted by atomic mass is 9.49. The van der Waals surface area contributed by atoms with Crippen molar-refractivity contribution in [3.8, 4) is 0 Å². The molecule has 0 radical (unpaired) electrons. The van der Waals surface area contributed by atoms with Crippen LogP contribution in [-0.4, -0.2) is 23.9 Å². The standard InChI is InChI=1S/C29H43NO/c1-19-10-12-23-22(18-19)11-13-25-24(23)16-17-29(3)26(14-15-27(25)29)20(2)30(4)28(31)21-8-6-5-7-9-21/h5-9,19-20,22-27H,10-18H2,1-4H3. The van der Waals surface area contributed by atoms with Gasteiger partial charge in [0.2, 0.25) is 0 Å². The van der Waals surface area contributed by atoms with Gasteiger partial charge in [-0.05, 0) is 117 Å². The molecule has 2 heteroatoms. The van der Waals surface area contributed by atoms with Crippen LogP contribution in [0.1, 0.15) is 88.9 Å². The van der Waals surface area contributed by atoms with E-state index >= 15 is 0 Å². The number of hydrogen-bond acceptors (Lipinski definition) is 1. The Morgan fingerprint density at radius 3 is 2.48 bits per heavy atom. The average molecular weight is 422 g/mol. The molecule has 1 amide bonds. The number of rotatable bonds is 3. The van der Waals surface area contributed by atoms with E-state index in [1.54, 1.807) is 0 Å². The number of fused-ring (bicyclic) bond motifs is 5. The van der Waals surface area contributed by atoms with Gasteiger partial charge < -0.3 is 4.90 Å². The summed E-state index contributed by atoms with van der Waals surface area (Å²) in [6, 6.07) is 10.2. The largest absolute Gasteiger partial charge is 0.339 e. The van der Waals surface area contributed by atoms with Crippen molar-refractivity contribution in [2.45, 2.75) is 84.6 Å². The predicted molar refractivity (Wildman–Crippen MR) is 128 cm³/mol. The van der Waals surface area contributed by atoms with Gasteiger partial charge in [0.05, 0.1) is 0 Å². The fourth-order valence-electron chi connectivity index (χ4n) is 9.16. The molecule has 170 valence electrons. The summed E-state index contributed by atoms with van der Waals surface area (Å²) < 4.78 is 0. The molecule has 4 fully saturated rings. The van der Waals surface area contributed by atoms with Crippen LogP contribution in [0, 0.1) is 46.8 Å². The molecule has 2 nitrogen and oxygen atoms in total. The van der Waals surface area contributed by atoms with Crippen molar-refractivity contribution in [2.75, 3.05) is 7.05 Å². The quantitative estimate of drug-likeness (QED) is 0.512. The third-order valence-electron chi connectivity index (χ3n) is 10.8. The van der Waals surface area contributed by atoms with Crippen LogP contribution in [0.4, 0.5) is 0 Å². The third-order valence-corrected chi connectivity index (χ3v) is 10.8. The first-order valence-corrected chi connectivity index (χ1v) is 13.2. The summed E-state index contributed by atoms with van der Waals surface area (Å²) in [6.07, 6.45) is 13.0. The molecule has 9 unspecified atom stereocenters. The van der Waals surface area contributed by atoms with Crippen LogP contribution in [0.25, 0.3) is 0 Å². The van der Waals surface area contributed by atoms with E-state index in [1.807, 2.05) is 37.4 Å². The van der Waals surface area contributed by atoms with Gasteiger partial charge in [0.25, 0.3) is 5.91 Å². The minimum atomic E-state index is 0.186. The van der Waals surface area contributed by atoms with Crippen LogP contribution in [0.3, 0.4) is 0 Å². The Bertz CT molecular complexity index is 789. The van der Waals surface area contributed by atoms with E-state index in [2.05, 4.69) is 25.7 Å². The maximum Gasteiger partial charge on any atom is 0.253 e. The second-order valence-corrected chi connectivity index (χ2v) is 12.1. The first kappa shape index (κ1) is 21.5. The van der Waals surface area contributed by atoms with Crippen LogP contribution >= 0.6 is 0 Å². The Morgan fingerprint density at radius 1 is 0.968 bits per heavy atom. The molecule has 0 aromatic heterocycles. The minimum absolute atomic E-state index is 0.186. The van der Waals surface area contributed by atoms with E-state index in [1.165, 1.54) is 57.8 Å². The molecule has 1 aromatic rings. The maximum atomic E-state index is 13.1. The lowest BCUT2D eigenvalue weighted by Gasteiger charge is -2.57. The number of carbonyl (C=O) groups is 1. The molecule has 4 aliphatic rings. The fourth-order valence-corrected chi connectivity index (χ4v) is 9.16. The maximum absolute atomic E-state index is 13.1. The van der Waals surface area contributed by atoms with Gasteiger partial charge in [0.1, 0.15) is 0 Å². The van der Waals surface area contributed by atoms with E-state index in [0.717, 1.165) is 41.1 Å². The van der Waals surface area contributed by atoms with Crippen molar-refractivity contribution in [1.82, 2.24) is 4.90 Å². The number of carbonyl (C=O) groups excluding carboxylic acids is 1. The smallest absolute Gasteiger partial charge is 0.253 e. The molecule has 0 aliphatic heterocycles. The van der Waals surface area contributed by atoms with E-state index in [0.29, 0.717) is 17.4 Å². The molecule has 9 atom stereocenters. The lowest BCUT2D eigenvalue weighted by Crippen LogP contribution is -2.51. The number of amides is 1. The first-order chi connectivity index (χ1) is 14.9. The Hall–Kier alpha value is -1.31. The van der Waals surface area contributed by atoms with Crippen LogP contribution in [0.5, 0.6) is 0 Å². The van der Waals surface area contributed by atoms with Gasteiger partial charge in [-0.15, -0.1) is 0 Å². The van der Waals surface area contributed by atoms with Gasteiger partial charge in [0, 0.05) is 18.7 Å². The molecule has 0 spiro atoms. The topological polar surface area (TPSA) is 20.3 Å². The SMILES string of the molecule is CC1CCC2C(CCC3C2CCC2(C)C3CCC2C(C)N(C)C(=O)c2ccccc2)C1. The normalized spacial score (nSPS) is 42.8. The molecule has 4 aliphatic carbocycles. The van der Waals surface area contributed by atoms with Gasteiger partial charge >= 0.3 is 0 Å². The molecule has 0 N–H and O–H groups in total. The molecule has 1 aromatic carbocycles. The van der Waals surface area contributed by atoms with Gasteiger partial charge in [0.15, 0.2) is 0 Å².